The van der Waals surface area contributed by atoms with E-state index in [1.54, 1.807) is 0 Å². The van der Waals surface area contributed by atoms with E-state index in [2.05, 4.69) is 0 Å². The largest absolute Gasteiger partial charge is 0.481 e. The lowest BCUT2D eigenvalue weighted by molar-refractivity contribution is -0.206. The van der Waals surface area contributed by atoms with Crippen LogP contribution in [0, 0.1) is 0 Å². The molecule has 0 aromatic carbocycles. The summed E-state index contributed by atoms with van der Waals surface area (Å²) in [6.45, 7) is 0. The highest BCUT2D eigenvalue weighted by molar-refractivity contribution is 5.66. The first-order valence-electron chi connectivity index (χ1n) is 2.80. The van der Waals surface area contributed by atoms with Crippen molar-refractivity contribution in [2.45, 2.75) is 25.1 Å². The Morgan fingerprint density at radius 3 is 2.18 bits per heavy atom. The number of rotatable bonds is 3. The van der Waals surface area contributed by atoms with Gasteiger partial charge in [0, 0.05) is 6.42 Å². The second-order valence-electron chi connectivity index (χ2n) is 1.99. The summed E-state index contributed by atoms with van der Waals surface area (Å²) in [6.07, 6.45) is -8.71. The van der Waals surface area contributed by atoms with Crippen LogP contribution in [0.15, 0.2) is 0 Å². The smallest absolute Gasteiger partial charge is 0.414 e. The average molecular weight is 172 g/mol. The third-order valence-electron chi connectivity index (χ3n) is 1.01. The highest BCUT2D eigenvalue weighted by atomic mass is 19.4. The molecule has 0 amide bonds. The molecule has 0 aliphatic rings. The Labute approximate surface area is 60.4 Å². The maximum absolute atomic E-state index is 11.5. The highest BCUT2D eigenvalue weighted by Gasteiger charge is 2.37. The monoisotopic (exact) mass is 172 g/mol. The Hall–Kier alpha value is -0.780. The zero-order chi connectivity index (χ0) is 9.07. The number of hydrogen-bond donors (Lipinski definition) is 2. The van der Waals surface area contributed by atoms with Crippen molar-refractivity contribution in [1.82, 2.24) is 0 Å². The third kappa shape index (κ3) is 4.60. The van der Waals surface area contributed by atoms with Crippen LogP contribution in [0.4, 0.5) is 13.2 Å². The second kappa shape index (κ2) is 3.56. The molecule has 0 aliphatic heterocycles. The molecule has 1 atom stereocenters. The fourth-order valence-electron chi connectivity index (χ4n) is 0.424. The first kappa shape index (κ1) is 10.2. The van der Waals surface area contributed by atoms with Gasteiger partial charge in [-0.3, -0.25) is 4.79 Å². The number of carboxylic acids is 1. The van der Waals surface area contributed by atoms with Gasteiger partial charge in [0.2, 0.25) is 0 Å². The topological polar surface area (TPSA) is 57.5 Å². The number of aliphatic carboxylic acids is 1. The van der Waals surface area contributed by atoms with E-state index in [1.165, 1.54) is 0 Å². The standard InChI is InChI=1S/C5H7F3O3/c6-5(7,8)3(9)1-2-4(10)11/h3,9H,1-2H2,(H,10,11)/t3-/m1/s1. The maximum Gasteiger partial charge on any atom is 0.414 e. The quantitative estimate of drug-likeness (QED) is 0.661. The lowest BCUT2D eigenvalue weighted by atomic mass is 10.2. The van der Waals surface area contributed by atoms with Crippen LogP contribution >= 0.6 is 0 Å². The Balaban J connectivity index is 3.70. The number of aliphatic hydroxyl groups excluding tert-OH is 1. The van der Waals surface area contributed by atoms with Crippen LogP contribution in [0.1, 0.15) is 12.8 Å². The number of carbonyl (C=O) groups is 1. The Morgan fingerprint density at radius 2 is 1.91 bits per heavy atom. The Kier molecular flexibility index (Phi) is 3.31. The van der Waals surface area contributed by atoms with Crippen LogP contribution in [0.5, 0.6) is 0 Å². The predicted octanol–water partition coefficient (Wildman–Crippen LogP) is 0.774. The molecule has 0 aromatic rings. The lowest BCUT2D eigenvalue weighted by Gasteiger charge is -2.12. The third-order valence-corrected chi connectivity index (χ3v) is 1.01. The van der Waals surface area contributed by atoms with Crippen LogP contribution in [0.2, 0.25) is 0 Å². The minimum absolute atomic E-state index is 0.680. The van der Waals surface area contributed by atoms with E-state index >= 15 is 0 Å². The van der Waals surface area contributed by atoms with Gasteiger partial charge in [0.15, 0.2) is 0 Å². The molecule has 0 saturated carbocycles. The Morgan fingerprint density at radius 1 is 1.45 bits per heavy atom. The van der Waals surface area contributed by atoms with Gasteiger partial charge in [-0.05, 0) is 6.42 Å². The Bertz CT molecular complexity index is 142. The SMILES string of the molecule is O=C(O)CC[C@@H](O)C(F)(F)F. The van der Waals surface area contributed by atoms with Crippen molar-refractivity contribution in [2.75, 3.05) is 0 Å². The van der Waals surface area contributed by atoms with Crippen LogP contribution in [0.3, 0.4) is 0 Å². The van der Waals surface area contributed by atoms with Gasteiger partial charge >= 0.3 is 12.1 Å². The average Bonchev–Trinajstić information content (AvgIpc) is 1.80. The highest BCUT2D eigenvalue weighted by Crippen LogP contribution is 2.22. The summed E-state index contributed by atoms with van der Waals surface area (Å²) < 4.78 is 34.4. The summed E-state index contributed by atoms with van der Waals surface area (Å²) in [5, 5.41) is 16.2. The number of carboxylic acid groups (broad SMARTS) is 1. The molecule has 0 rings (SSSR count). The zero-order valence-electron chi connectivity index (χ0n) is 5.43. The molecule has 0 heterocycles. The van der Waals surface area contributed by atoms with Crippen molar-refractivity contribution in [1.29, 1.82) is 0 Å². The van der Waals surface area contributed by atoms with Crippen molar-refractivity contribution in [2.24, 2.45) is 0 Å². The molecule has 6 heteroatoms. The number of aliphatic hydroxyl groups is 1. The van der Waals surface area contributed by atoms with Crippen molar-refractivity contribution in [3.8, 4) is 0 Å². The number of halogens is 3. The summed E-state index contributed by atoms with van der Waals surface area (Å²) in [4.78, 5) is 9.75. The van der Waals surface area contributed by atoms with Crippen LogP contribution in [-0.2, 0) is 4.79 Å². The molecule has 2 N–H and O–H groups in total. The second-order valence-corrected chi connectivity index (χ2v) is 1.99. The molecule has 0 radical (unpaired) electrons. The van der Waals surface area contributed by atoms with Crippen molar-refractivity contribution < 1.29 is 28.2 Å². The van der Waals surface area contributed by atoms with Gasteiger partial charge in [-0.2, -0.15) is 13.2 Å². The van der Waals surface area contributed by atoms with Gasteiger partial charge in [0.1, 0.15) is 6.10 Å². The van der Waals surface area contributed by atoms with Crippen LogP contribution in [0.25, 0.3) is 0 Å². The van der Waals surface area contributed by atoms with E-state index < -0.39 is 31.1 Å². The molecule has 0 bridgehead atoms. The van der Waals surface area contributed by atoms with Gasteiger partial charge in [-0.15, -0.1) is 0 Å². The fraction of sp³-hybridized carbons (Fsp3) is 0.800. The molecular formula is C5H7F3O3. The maximum atomic E-state index is 11.5. The number of hydrogen-bond acceptors (Lipinski definition) is 2. The van der Waals surface area contributed by atoms with E-state index in [1.807, 2.05) is 0 Å². The lowest BCUT2D eigenvalue weighted by Crippen LogP contribution is -2.28. The van der Waals surface area contributed by atoms with E-state index in [4.69, 9.17) is 10.2 Å². The van der Waals surface area contributed by atoms with E-state index in [9.17, 15) is 18.0 Å². The van der Waals surface area contributed by atoms with Crippen molar-refractivity contribution in [3.05, 3.63) is 0 Å². The molecule has 0 unspecified atom stereocenters. The van der Waals surface area contributed by atoms with E-state index in [0.717, 1.165) is 0 Å². The van der Waals surface area contributed by atoms with Gasteiger partial charge in [-0.25, -0.2) is 0 Å². The minimum atomic E-state index is -4.71. The van der Waals surface area contributed by atoms with Gasteiger partial charge in [0.25, 0.3) is 0 Å². The molecule has 0 spiro atoms. The first-order chi connectivity index (χ1) is 4.84. The van der Waals surface area contributed by atoms with Gasteiger partial charge in [0.05, 0.1) is 0 Å². The van der Waals surface area contributed by atoms with Crippen LogP contribution < -0.4 is 0 Å². The molecule has 11 heavy (non-hydrogen) atoms. The van der Waals surface area contributed by atoms with Crippen molar-refractivity contribution in [3.63, 3.8) is 0 Å². The summed E-state index contributed by atoms with van der Waals surface area (Å²) in [7, 11) is 0. The molecule has 3 nitrogen and oxygen atoms in total. The van der Waals surface area contributed by atoms with Gasteiger partial charge in [-0.1, -0.05) is 0 Å². The molecule has 0 aliphatic carbocycles. The van der Waals surface area contributed by atoms with E-state index in [-0.39, 0.29) is 0 Å². The summed E-state index contributed by atoms with van der Waals surface area (Å²) >= 11 is 0. The molecule has 0 aromatic heterocycles. The predicted molar refractivity (Wildman–Crippen MR) is 28.9 cm³/mol. The summed E-state index contributed by atoms with van der Waals surface area (Å²) in [6, 6.07) is 0. The van der Waals surface area contributed by atoms with Crippen molar-refractivity contribution >= 4 is 5.97 Å². The van der Waals surface area contributed by atoms with E-state index in [0.29, 0.717) is 0 Å². The minimum Gasteiger partial charge on any atom is -0.481 e. The first-order valence-corrected chi connectivity index (χ1v) is 2.80. The van der Waals surface area contributed by atoms with Gasteiger partial charge < -0.3 is 10.2 Å². The zero-order valence-corrected chi connectivity index (χ0v) is 5.43. The molecule has 0 fully saturated rings. The molecule has 0 saturated heterocycles. The summed E-state index contributed by atoms with van der Waals surface area (Å²) in [5.74, 6) is -1.35. The molecular weight excluding hydrogens is 165 g/mol. The molecule has 66 valence electrons. The fourth-order valence-corrected chi connectivity index (χ4v) is 0.424. The van der Waals surface area contributed by atoms with Crippen LogP contribution in [-0.4, -0.2) is 28.5 Å². The number of alkyl halides is 3. The summed E-state index contributed by atoms with van der Waals surface area (Å²) in [5.41, 5.74) is 0. The normalized spacial score (nSPS) is 14.5.